The molecule has 0 unspecified atom stereocenters. The molecule has 6 heteroatoms. The number of hydrogen-bond donors (Lipinski definition) is 2. The molecular formula is C6H6N2O4. The molecule has 0 aliphatic rings. The minimum atomic E-state index is -0.567. The first-order chi connectivity index (χ1) is 5.61. The van der Waals surface area contributed by atoms with Gasteiger partial charge >= 0.3 is 0 Å². The highest BCUT2D eigenvalue weighted by atomic mass is 16.8. The number of non-ortho nitro benzene ring substituents is 1. The van der Waals surface area contributed by atoms with Crippen LogP contribution in [0.4, 0.5) is 11.4 Å². The number of anilines is 1. The van der Waals surface area contributed by atoms with Crippen molar-refractivity contribution in [3.8, 4) is 0 Å². The van der Waals surface area contributed by atoms with E-state index in [2.05, 4.69) is 0 Å². The molecule has 12 heavy (non-hydrogen) atoms. The Kier molecular flexibility index (Phi) is 2.22. The van der Waals surface area contributed by atoms with Crippen LogP contribution in [0.1, 0.15) is 0 Å². The van der Waals surface area contributed by atoms with E-state index in [0.29, 0.717) is 0 Å². The number of nitrogens with zero attached hydrogens (tertiary/aromatic N) is 2. The van der Waals surface area contributed by atoms with Gasteiger partial charge in [0.1, 0.15) is 0 Å². The molecule has 0 aliphatic heterocycles. The van der Waals surface area contributed by atoms with Crippen LogP contribution in [0.25, 0.3) is 0 Å². The van der Waals surface area contributed by atoms with Crippen LogP contribution in [0.3, 0.4) is 0 Å². The summed E-state index contributed by atoms with van der Waals surface area (Å²) in [5.74, 6) is 0. The largest absolute Gasteiger partial charge is 0.269 e. The van der Waals surface area contributed by atoms with Crippen LogP contribution in [-0.4, -0.2) is 15.3 Å². The average molecular weight is 170 g/mol. The molecule has 0 spiro atoms. The Balaban J connectivity index is 2.93. The van der Waals surface area contributed by atoms with Gasteiger partial charge in [0, 0.05) is 12.1 Å². The highest BCUT2D eigenvalue weighted by Crippen LogP contribution is 2.16. The zero-order chi connectivity index (χ0) is 9.14. The van der Waals surface area contributed by atoms with Gasteiger partial charge in [-0.3, -0.25) is 20.5 Å². The van der Waals surface area contributed by atoms with E-state index in [1.54, 1.807) is 0 Å². The normalized spacial score (nSPS) is 9.50. The summed E-state index contributed by atoms with van der Waals surface area (Å²) in [6.45, 7) is 0. The van der Waals surface area contributed by atoms with Gasteiger partial charge in [0.05, 0.1) is 10.6 Å². The number of nitro benzene ring substituents is 1. The molecule has 0 saturated carbocycles. The van der Waals surface area contributed by atoms with E-state index in [-0.39, 0.29) is 16.6 Å². The Morgan fingerprint density at radius 1 is 1.25 bits per heavy atom. The van der Waals surface area contributed by atoms with Gasteiger partial charge in [-0.05, 0) is 12.1 Å². The Morgan fingerprint density at radius 3 is 2.08 bits per heavy atom. The number of hydrogen-bond acceptors (Lipinski definition) is 5. The zero-order valence-electron chi connectivity index (χ0n) is 5.91. The molecule has 0 heterocycles. The minimum Gasteiger partial charge on any atom is -0.264 e. The molecule has 64 valence electrons. The summed E-state index contributed by atoms with van der Waals surface area (Å²) in [4.78, 5) is 9.58. The molecule has 1 aromatic rings. The maximum Gasteiger partial charge on any atom is 0.269 e. The minimum absolute atomic E-state index is 0.0700. The second-order valence-corrected chi connectivity index (χ2v) is 2.06. The van der Waals surface area contributed by atoms with Crippen LogP contribution in [0, 0.1) is 10.1 Å². The van der Waals surface area contributed by atoms with Gasteiger partial charge in [-0.1, -0.05) is 0 Å². The third-order valence-corrected chi connectivity index (χ3v) is 1.29. The van der Waals surface area contributed by atoms with Crippen LogP contribution in [-0.2, 0) is 0 Å². The molecule has 0 aliphatic carbocycles. The Morgan fingerprint density at radius 2 is 1.75 bits per heavy atom. The molecule has 0 radical (unpaired) electrons. The first-order valence-electron chi connectivity index (χ1n) is 3.03. The third-order valence-electron chi connectivity index (χ3n) is 1.29. The predicted molar refractivity (Wildman–Crippen MR) is 39.1 cm³/mol. The molecule has 1 aromatic carbocycles. The van der Waals surface area contributed by atoms with Crippen molar-refractivity contribution in [3.63, 3.8) is 0 Å². The maximum atomic E-state index is 10.1. The van der Waals surface area contributed by atoms with E-state index in [1.165, 1.54) is 24.3 Å². The summed E-state index contributed by atoms with van der Waals surface area (Å²) in [6.07, 6.45) is 0. The number of rotatable bonds is 2. The lowest BCUT2D eigenvalue weighted by Gasteiger charge is -2.05. The fourth-order valence-corrected chi connectivity index (χ4v) is 0.708. The molecule has 0 saturated heterocycles. The van der Waals surface area contributed by atoms with Crippen molar-refractivity contribution in [1.29, 1.82) is 0 Å². The fourth-order valence-electron chi connectivity index (χ4n) is 0.708. The summed E-state index contributed by atoms with van der Waals surface area (Å²) >= 11 is 0. The molecule has 2 N–H and O–H groups in total. The molecule has 1 rings (SSSR count). The summed E-state index contributed by atoms with van der Waals surface area (Å²) in [5.41, 5.74) is -0.0267. The van der Waals surface area contributed by atoms with E-state index >= 15 is 0 Å². The Bertz CT molecular complexity index is 282. The molecule has 6 nitrogen and oxygen atoms in total. The average Bonchev–Trinajstić information content (AvgIpc) is 2.04. The highest BCUT2D eigenvalue weighted by Gasteiger charge is 2.05. The van der Waals surface area contributed by atoms with Crippen LogP contribution in [0.5, 0.6) is 0 Å². The predicted octanol–water partition coefficient (Wildman–Crippen LogP) is 1.18. The smallest absolute Gasteiger partial charge is 0.264 e. The first kappa shape index (κ1) is 8.44. The van der Waals surface area contributed by atoms with E-state index < -0.39 is 4.92 Å². The summed E-state index contributed by atoms with van der Waals surface area (Å²) in [6, 6.07) is 4.79. The van der Waals surface area contributed by atoms with Gasteiger partial charge in [0.2, 0.25) is 0 Å². The Hall–Kier alpha value is -1.66. The number of nitro groups is 1. The van der Waals surface area contributed by atoms with Crippen molar-refractivity contribution in [3.05, 3.63) is 34.4 Å². The number of benzene rings is 1. The second kappa shape index (κ2) is 3.16. The molecule has 0 bridgehead atoms. The van der Waals surface area contributed by atoms with Gasteiger partial charge in [-0.2, -0.15) is 0 Å². The van der Waals surface area contributed by atoms with Gasteiger partial charge in [-0.25, -0.2) is 0 Å². The molecule has 0 atom stereocenters. The lowest BCUT2D eigenvalue weighted by molar-refractivity contribution is -0.384. The van der Waals surface area contributed by atoms with Gasteiger partial charge in [-0.15, -0.1) is 5.23 Å². The lowest BCUT2D eigenvalue weighted by Crippen LogP contribution is -2.10. The zero-order valence-corrected chi connectivity index (χ0v) is 5.91. The molecule has 0 fully saturated rings. The van der Waals surface area contributed by atoms with Gasteiger partial charge in [0.15, 0.2) is 0 Å². The van der Waals surface area contributed by atoms with E-state index in [0.717, 1.165) is 0 Å². The van der Waals surface area contributed by atoms with Crippen LogP contribution < -0.4 is 5.23 Å². The monoisotopic (exact) mass is 170 g/mol. The summed E-state index contributed by atoms with van der Waals surface area (Å²) in [5, 5.41) is 27.0. The quantitative estimate of drug-likeness (QED) is 0.514. The van der Waals surface area contributed by atoms with Crippen molar-refractivity contribution in [1.82, 2.24) is 0 Å². The van der Waals surface area contributed by atoms with Crippen molar-refractivity contribution in [2.75, 3.05) is 5.23 Å². The van der Waals surface area contributed by atoms with Crippen molar-refractivity contribution in [2.24, 2.45) is 0 Å². The van der Waals surface area contributed by atoms with E-state index in [4.69, 9.17) is 10.4 Å². The van der Waals surface area contributed by atoms with Crippen molar-refractivity contribution >= 4 is 11.4 Å². The standard InChI is InChI=1S/C6H6N2O4/c9-7(10)5-1-2-6(4-3-5)8(11)12/h1-4,9-10H. The van der Waals surface area contributed by atoms with Gasteiger partial charge < -0.3 is 0 Å². The molecule has 0 aromatic heterocycles. The highest BCUT2D eigenvalue weighted by molar-refractivity contribution is 5.46. The first-order valence-corrected chi connectivity index (χ1v) is 3.03. The Labute approximate surface area is 67.3 Å². The third kappa shape index (κ3) is 1.68. The van der Waals surface area contributed by atoms with Gasteiger partial charge in [0.25, 0.3) is 5.69 Å². The summed E-state index contributed by atoms with van der Waals surface area (Å²) < 4.78 is 0. The SMILES string of the molecule is O=[N+]([O-])c1ccc(N(O)O)cc1. The summed E-state index contributed by atoms with van der Waals surface area (Å²) in [7, 11) is 0. The molecule has 0 amide bonds. The van der Waals surface area contributed by atoms with Crippen LogP contribution >= 0.6 is 0 Å². The van der Waals surface area contributed by atoms with E-state index in [9.17, 15) is 10.1 Å². The topological polar surface area (TPSA) is 86.8 Å². The maximum absolute atomic E-state index is 10.1. The molecular weight excluding hydrogens is 164 g/mol. The van der Waals surface area contributed by atoms with Crippen LogP contribution in [0.2, 0.25) is 0 Å². The fraction of sp³-hybridized carbons (Fsp3) is 0. The van der Waals surface area contributed by atoms with Crippen LogP contribution in [0.15, 0.2) is 24.3 Å². The van der Waals surface area contributed by atoms with Crippen molar-refractivity contribution < 1.29 is 15.3 Å². The van der Waals surface area contributed by atoms with E-state index in [1.807, 2.05) is 0 Å². The lowest BCUT2D eigenvalue weighted by atomic mass is 10.3. The second-order valence-electron chi connectivity index (χ2n) is 2.06. The van der Waals surface area contributed by atoms with Crippen molar-refractivity contribution in [2.45, 2.75) is 0 Å².